The third kappa shape index (κ3) is 2.76. The highest BCUT2D eigenvalue weighted by atomic mass is 32.2. The van der Waals surface area contributed by atoms with Crippen molar-refractivity contribution in [1.29, 1.82) is 0 Å². The molecule has 2 aromatic heterocycles. The summed E-state index contributed by atoms with van der Waals surface area (Å²) in [5.74, 6) is -1.20. The summed E-state index contributed by atoms with van der Waals surface area (Å²) in [5.41, 5.74) is 1.07. The lowest BCUT2D eigenvalue weighted by Gasteiger charge is -2.10. The van der Waals surface area contributed by atoms with Crippen LogP contribution in [0.15, 0.2) is 47.6 Å². The number of anilines is 1. The number of rotatable bonds is 4. The third-order valence-electron chi connectivity index (χ3n) is 3.35. The number of pyridine rings is 1. The fourth-order valence-corrected chi connectivity index (χ4v) is 3.52. The highest BCUT2D eigenvalue weighted by Gasteiger charge is 2.22. The molecule has 118 valence electrons. The Kier molecular flexibility index (Phi) is 3.53. The van der Waals surface area contributed by atoms with Crippen molar-refractivity contribution in [3.63, 3.8) is 0 Å². The molecule has 0 amide bonds. The number of nitrogens with zero attached hydrogens (tertiary/aromatic N) is 1. The lowest BCUT2D eigenvalue weighted by molar-refractivity contribution is 0.0698. The van der Waals surface area contributed by atoms with Gasteiger partial charge in [-0.15, -0.1) is 0 Å². The lowest BCUT2D eigenvalue weighted by atomic mass is 10.1. The minimum absolute atomic E-state index is 0.0116. The summed E-state index contributed by atoms with van der Waals surface area (Å²) in [6.45, 7) is 1.73. The zero-order chi connectivity index (χ0) is 16.6. The largest absolute Gasteiger partial charge is 0.478 e. The van der Waals surface area contributed by atoms with Crippen molar-refractivity contribution in [2.75, 3.05) is 4.72 Å². The molecule has 3 N–H and O–H groups in total. The SMILES string of the molecule is Cc1ccc(NS(=O)(=O)c2c[nH]c3ncccc23)c(C(=O)O)c1. The van der Waals surface area contributed by atoms with Crippen molar-refractivity contribution in [2.24, 2.45) is 0 Å². The van der Waals surface area contributed by atoms with Crippen LogP contribution in [-0.4, -0.2) is 29.5 Å². The number of aromatic amines is 1. The number of hydrogen-bond donors (Lipinski definition) is 3. The van der Waals surface area contributed by atoms with Crippen LogP contribution in [0.25, 0.3) is 11.0 Å². The van der Waals surface area contributed by atoms with E-state index in [2.05, 4.69) is 14.7 Å². The number of carboxylic acids is 1. The number of carbonyl (C=O) groups is 1. The van der Waals surface area contributed by atoms with E-state index >= 15 is 0 Å². The van der Waals surface area contributed by atoms with E-state index in [1.165, 1.54) is 18.3 Å². The maximum Gasteiger partial charge on any atom is 0.337 e. The molecule has 0 aliphatic heterocycles. The quantitative estimate of drug-likeness (QED) is 0.679. The molecule has 0 fully saturated rings. The second-order valence-corrected chi connectivity index (χ2v) is 6.66. The highest BCUT2D eigenvalue weighted by Crippen LogP contribution is 2.25. The van der Waals surface area contributed by atoms with Gasteiger partial charge in [0.2, 0.25) is 0 Å². The molecule has 0 saturated carbocycles. The Morgan fingerprint density at radius 2 is 2.09 bits per heavy atom. The molecule has 8 heteroatoms. The molecule has 7 nitrogen and oxygen atoms in total. The first-order valence-electron chi connectivity index (χ1n) is 6.67. The predicted molar refractivity (Wildman–Crippen MR) is 85.0 cm³/mol. The maximum atomic E-state index is 12.6. The lowest BCUT2D eigenvalue weighted by Crippen LogP contribution is -2.15. The fourth-order valence-electron chi connectivity index (χ4n) is 2.28. The summed E-state index contributed by atoms with van der Waals surface area (Å²) in [6.07, 6.45) is 2.87. The van der Waals surface area contributed by atoms with E-state index in [0.717, 1.165) is 5.56 Å². The standard InChI is InChI=1S/C15H13N3O4S/c1-9-4-5-12(11(7-9)15(19)20)18-23(21,22)13-8-17-14-10(13)3-2-6-16-14/h2-8,18H,1H3,(H,16,17)(H,19,20). The molecule has 0 aliphatic carbocycles. The molecule has 3 rings (SSSR count). The van der Waals surface area contributed by atoms with E-state index in [1.54, 1.807) is 31.3 Å². The zero-order valence-electron chi connectivity index (χ0n) is 12.1. The van der Waals surface area contributed by atoms with Crippen LogP contribution in [0.3, 0.4) is 0 Å². The van der Waals surface area contributed by atoms with Gasteiger partial charge in [-0.1, -0.05) is 11.6 Å². The first-order valence-corrected chi connectivity index (χ1v) is 8.16. The van der Waals surface area contributed by atoms with Crippen molar-refractivity contribution in [1.82, 2.24) is 9.97 Å². The summed E-state index contributed by atoms with van der Waals surface area (Å²) in [6, 6.07) is 7.74. The Labute approximate surface area is 132 Å². The van der Waals surface area contributed by atoms with Crippen molar-refractivity contribution in [3.8, 4) is 0 Å². The molecule has 0 spiro atoms. The molecule has 0 unspecified atom stereocenters. The van der Waals surface area contributed by atoms with Crippen molar-refractivity contribution in [2.45, 2.75) is 11.8 Å². The first kappa shape index (κ1) is 15.0. The number of aryl methyl sites for hydroxylation is 1. The minimum Gasteiger partial charge on any atom is -0.478 e. The van der Waals surface area contributed by atoms with Gasteiger partial charge in [0.05, 0.1) is 11.3 Å². The van der Waals surface area contributed by atoms with Gasteiger partial charge in [0.25, 0.3) is 10.0 Å². The fraction of sp³-hybridized carbons (Fsp3) is 0.0667. The van der Waals surface area contributed by atoms with Crippen LogP contribution in [-0.2, 0) is 10.0 Å². The molecule has 0 aliphatic rings. The first-order chi connectivity index (χ1) is 10.9. The predicted octanol–water partition coefficient (Wildman–Crippen LogP) is 2.37. The summed E-state index contributed by atoms with van der Waals surface area (Å²) in [4.78, 5) is 18.1. The third-order valence-corrected chi connectivity index (χ3v) is 4.76. The van der Waals surface area contributed by atoms with E-state index < -0.39 is 16.0 Å². The highest BCUT2D eigenvalue weighted by molar-refractivity contribution is 7.93. The van der Waals surface area contributed by atoms with E-state index in [9.17, 15) is 18.3 Å². The van der Waals surface area contributed by atoms with Crippen LogP contribution in [0.1, 0.15) is 15.9 Å². The number of H-pyrrole nitrogens is 1. The van der Waals surface area contributed by atoms with Gasteiger partial charge >= 0.3 is 5.97 Å². The molecule has 0 bridgehead atoms. The van der Waals surface area contributed by atoms with Crippen LogP contribution in [0.4, 0.5) is 5.69 Å². The van der Waals surface area contributed by atoms with Crippen molar-refractivity contribution >= 4 is 32.7 Å². The minimum atomic E-state index is -3.95. The van der Waals surface area contributed by atoms with Gasteiger partial charge < -0.3 is 10.1 Å². The molecule has 1 aromatic carbocycles. The smallest absolute Gasteiger partial charge is 0.337 e. The van der Waals surface area contributed by atoms with Gasteiger partial charge in [-0.25, -0.2) is 18.2 Å². The summed E-state index contributed by atoms with van der Waals surface area (Å²) >= 11 is 0. The van der Waals surface area contributed by atoms with Gasteiger partial charge in [-0.2, -0.15) is 0 Å². The summed E-state index contributed by atoms with van der Waals surface area (Å²) in [7, 11) is -3.95. The van der Waals surface area contributed by atoms with Gasteiger partial charge in [0, 0.05) is 17.8 Å². The summed E-state index contributed by atoms with van der Waals surface area (Å²) in [5, 5.41) is 9.67. The van der Waals surface area contributed by atoms with E-state index in [4.69, 9.17) is 0 Å². The Morgan fingerprint density at radius 3 is 2.83 bits per heavy atom. The number of sulfonamides is 1. The summed E-state index contributed by atoms with van der Waals surface area (Å²) < 4.78 is 27.5. The van der Waals surface area contributed by atoms with Gasteiger partial charge in [0.1, 0.15) is 10.5 Å². The number of fused-ring (bicyclic) bond motifs is 1. The van der Waals surface area contributed by atoms with Crippen molar-refractivity contribution in [3.05, 3.63) is 53.9 Å². The molecule has 0 saturated heterocycles. The number of hydrogen-bond acceptors (Lipinski definition) is 4. The number of benzene rings is 1. The Morgan fingerprint density at radius 1 is 1.30 bits per heavy atom. The Balaban J connectivity index is 2.07. The Hall–Kier alpha value is -2.87. The van der Waals surface area contributed by atoms with Crippen LogP contribution >= 0.6 is 0 Å². The van der Waals surface area contributed by atoms with Crippen molar-refractivity contribution < 1.29 is 18.3 Å². The van der Waals surface area contributed by atoms with Crippen LogP contribution in [0, 0.1) is 6.92 Å². The zero-order valence-corrected chi connectivity index (χ0v) is 12.9. The van der Waals surface area contributed by atoms with Crippen LogP contribution in [0.2, 0.25) is 0 Å². The molecule has 0 atom stereocenters. The average Bonchev–Trinajstić information content (AvgIpc) is 2.93. The van der Waals surface area contributed by atoms with E-state index in [-0.39, 0.29) is 16.1 Å². The van der Waals surface area contributed by atoms with Gasteiger partial charge in [-0.05, 0) is 31.2 Å². The molecule has 2 heterocycles. The molecule has 3 aromatic rings. The van der Waals surface area contributed by atoms with Crippen LogP contribution < -0.4 is 4.72 Å². The molecule has 0 radical (unpaired) electrons. The normalized spacial score (nSPS) is 11.5. The topological polar surface area (TPSA) is 112 Å². The molecule has 23 heavy (non-hydrogen) atoms. The van der Waals surface area contributed by atoms with Gasteiger partial charge in [0.15, 0.2) is 0 Å². The monoisotopic (exact) mass is 331 g/mol. The number of carboxylic acid groups (broad SMARTS) is 1. The second-order valence-electron chi connectivity index (χ2n) is 5.01. The van der Waals surface area contributed by atoms with E-state index in [1.807, 2.05) is 0 Å². The molecular weight excluding hydrogens is 318 g/mol. The number of nitrogens with one attached hydrogen (secondary N) is 2. The van der Waals surface area contributed by atoms with E-state index in [0.29, 0.717) is 11.0 Å². The van der Waals surface area contributed by atoms with Crippen LogP contribution in [0.5, 0.6) is 0 Å². The Bertz CT molecular complexity index is 1010. The van der Waals surface area contributed by atoms with Gasteiger partial charge in [-0.3, -0.25) is 4.72 Å². The number of aromatic carboxylic acids is 1. The number of aromatic nitrogens is 2. The second kappa shape index (κ2) is 5.40. The average molecular weight is 331 g/mol. The maximum absolute atomic E-state index is 12.6. The molecular formula is C15H13N3O4S.